The van der Waals surface area contributed by atoms with Gasteiger partial charge in [0.15, 0.2) is 0 Å². The molecule has 1 aliphatic heterocycles. The molecule has 1 heterocycles. The van der Waals surface area contributed by atoms with Crippen molar-refractivity contribution < 1.29 is 4.74 Å². The quantitative estimate of drug-likeness (QED) is 0.637. The molecule has 2 nitrogen and oxygen atoms in total. The second-order valence-corrected chi connectivity index (χ2v) is 8.42. The second-order valence-electron chi connectivity index (χ2n) is 7.56. The van der Waals surface area contributed by atoms with E-state index in [0.29, 0.717) is 6.04 Å². The zero-order valence-electron chi connectivity index (χ0n) is 15.0. The molecule has 0 aromatic heterocycles. The molecule has 0 N–H and O–H groups in total. The number of hydrogen-bond donors (Lipinski definition) is 0. The van der Waals surface area contributed by atoms with E-state index >= 15 is 0 Å². The Morgan fingerprint density at radius 1 is 1.08 bits per heavy atom. The number of ether oxygens (including phenoxy) is 1. The first-order valence-electron chi connectivity index (χ1n) is 9.32. The minimum absolute atomic E-state index is 0.585. The Bertz CT molecular complexity index is 732. The van der Waals surface area contributed by atoms with Gasteiger partial charge >= 0.3 is 0 Å². The van der Waals surface area contributed by atoms with Crippen LogP contribution in [0.15, 0.2) is 53.0 Å². The molecule has 1 saturated carbocycles. The van der Waals surface area contributed by atoms with Gasteiger partial charge in [0.2, 0.25) is 0 Å². The monoisotopic (exact) mass is 399 g/mol. The largest absolute Gasteiger partial charge is 0.495 e. The van der Waals surface area contributed by atoms with Crippen LogP contribution in [0, 0.1) is 11.8 Å². The molecule has 1 aliphatic carbocycles. The summed E-state index contributed by atoms with van der Waals surface area (Å²) in [6.07, 6.45) is 3.98. The fourth-order valence-electron chi connectivity index (χ4n) is 4.63. The second kappa shape index (κ2) is 7.03. The van der Waals surface area contributed by atoms with Crippen LogP contribution in [0.4, 0.5) is 5.69 Å². The molecule has 2 fully saturated rings. The van der Waals surface area contributed by atoms with Gasteiger partial charge in [0.05, 0.1) is 11.6 Å². The minimum atomic E-state index is 0.585. The highest BCUT2D eigenvalue weighted by molar-refractivity contribution is 9.10. The van der Waals surface area contributed by atoms with E-state index < -0.39 is 0 Å². The average molecular weight is 400 g/mol. The number of methoxy groups -OCH3 is 1. The van der Waals surface area contributed by atoms with Crippen molar-refractivity contribution in [2.45, 2.75) is 38.1 Å². The predicted molar refractivity (Wildman–Crippen MR) is 108 cm³/mol. The predicted octanol–water partition coefficient (Wildman–Crippen LogP) is 5.87. The molecule has 2 unspecified atom stereocenters. The van der Waals surface area contributed by atoms with Crippen molar-refractivity contribution in [2.24, 2.45) is 11.8 Å². The van der Waals surface area contributed by atoms with Crippen LogP contribution in [0.5, 0.6) is 5.75 Å². The number of piperidine rings is 1. The molecule has 0 spiro atoms. The molecule has 25 heavy (non-hydrogen) atoms. The SMILES string of the molecule is COc1cc(N2CCC([C@@H]3C[C@H]3c3ccccc3)CC2C)ccc1Br. The van der Waals surface area contributed by atoms with Crippen LogP contribution in [-0.4, -0.2) is 19.7 Å². The summed E-state index contributed by atoms with van der Waals surface area (Å²) in [5, 5.41) is 0. The van der Waals surface area contributed by atoms with E-state index in [1.807, 2.05) is 0 Å². The van der Waals surface area contributed by atoms with Gasteiger partial charge in [-0.15, -0.1) is 0 Å². The third kappa shape index (κ3) is 3.44. The number of nitrogens with zero attached hydrogens (tertiary/aromatic N) is 1. The number of rotatable bonds is 4. The summed E-state index contributed by atoms with van der Waals surface area (Å²) in [5.74, 6) is 3.48. The number of hydrogen-bond acceptors (Lipinski definition) is 2. The van der Waals surface area contributed by atoms with Crippen molar-refractivity contribution in [3.05, 3.63) is 58.6 Å². The van der Waals surface area contributed by atoms with Crippen LogP contribution >= 0.6 is 15.9 Å². The molecule has 2 aromatic rings. The van der Waals surface area contributed by atoms with Crippen molar-refractivity contribution in [3.63, 3.8) is 0 Å². The molecule has 0 bridgehead atoms. The zero-order chi connectivity index (χ0) is 17.4. The highest BCUT2D eigenvalue weighted by atomic mass is 79.9. The topological polar surface area (TPSA) is 12.5 Å². The molecule has 2 aliphatic rings. The van der Waals surface area contributed by atoms with Crippen molar-refractivity contribution >= 4 is 21.6 Å². The van der Waals surface area contributed by atoms with Gasteiger partial charge in [-0.1, -0.05) is 30.3 Å². The Morgan fingerprint density at radius 3 is 2.60 bits per heavy atom. The van der Waals surface area contributed by atoms with E-state index in [1.54, 1.807) is 12.7 Å². The zero-order valence-corrected chi connectivity index (χ0v) is 16.6. The normalized spacial score (nSPS) is 28.7. The molecule has 3 heteroatoms. The molecule has 0 amide bonds. The first-order valence-corrected chi connectivity index (χ1v) is 10.1. The minimum Gasteiger partial charge on any atom is -0.495 e. The number of anilines is 1. The summed E-state index contributed by atoms with van der Waals surface area (Å²) >= 11 is 3.55. The lowest BCUT2D eigenvalue weighted by Crippen LogP contribution is -2.41. The first-order chi connectivity index (χ1) is 12.2. The first kappa shape index (κ1) is 17.0. The fraction of sp³-hybridized carbons (Fsp3) is 0.455. The molecule has 2 aromatic carbocycles. The van der Waals surface area contributed by atoms with Crippen molar-refractivity contribution in [2.75, 3.05) is 18.6 Å². The van der Waals surface area contributed by atoms with Crippen LogP contribution in [0.25, 0.3) is 0 Å². The molecular formula is C22H26BrNO. The lowest BCUT2D eigenvalue weighted by Gasteiger charge is -2.40. The Kier molecular flexibility index (Phi) is 4.77. The summed E-state index contributed by atoms with van der Waals surface area (Å²) in [6.45, 7) is 3.52. The van der Waals surface area contributed by atoms with Crippen molar-refractivity contribution in [1.29, 1.82) is 0 Å². The van der Waals surface area contributed by atoms with Gasteiger partial charge in [0, 0.05) is 24.3 Å². The highest BCUT2D eigenvalue weighted by Crippen LogP contribution is 2.55. The summed E-state index contributed by atoms with van der Waals surface area (Å²) in [5.41, 5.74) is 2.82. The van der Waals surface area contributed by atoms with Gasteiger partial charge in [-0.2, -0.15) is 0 Å². The maximum absolute atomic E-state index is 5.47. The van der Waals surface area contributed by atoms with Crippen LogP contribution in [0.2, 0.25) is 0 Å². The van der Waals surface area contributed by atoms with Crippen molar-refractivity contribution in [3.8, 4) is 5.75 Å². The van der Waals surface area contributed by atoms with E-state index in [0.717, 1.165) is 34.5 Å². The Balaban J connectivity index is 1.41. The molecule has 4 atom stereocenters. The summed E-state index contributed by atoms with van der Waals surface area (Å²) in [7, 11) is 1.73. The molecular weight excluding hydrogens is 374 g/mol. The standard InChI is InChI=1S/C22H26BrNO/c1-15-12-17(20-14-19(20)16-6-4-3-5-7-16)10-11-24(15)18-8-9-21(23)22(13-18)25-2/h3-9,13,15,17,19-20H,10-12,14H2,1-2H3/t15?,17?,19-,20-/m0/s1. The third-order valence-electron chi connectivity index (χ3n) is 6.06. The molecule has 132 valence electrons. The van der Waals surface area contributed by atoms with E-state index in [2.05, 4.69) is 76.3 Å². The van der Waals surface area contributed by atoms with Crippen molar-refractivity contribution in [1.82, 2.24) is 0 Å². The van der Waals surface area contributed by atoms with Gasteiger partial charge in [0.25, 0.3) is 0 Å². The van der Waals surface area contributed by atoms with Gasteiger partial charge in [-0.25, -0.2) is 0 Å². The molecule has 1 saturated heterocycles. The lowest BCUT2D eigenvalue weighted by atomic mass is 9.86. The molecule has 0 radical (unpaired) electrons. The third-order valence-corrected chi connectivity index (χ3v) is 6.71. The van der Waals surface area contributed by atoms with Crippen LogP contribution in [0.1, 0.15) is 37.7 Å². The maximum atomic E-state index is 5.47. The number of halogens is 1. The smallest absolute Gasteiger partial charge is 0.135 e. The van der Waals surface area contributed by atoms with E-state index in [9.17, 15) is 0 Å². The Labute approximate surface area is 159 Å². The van der Waals surface area contributed by atoms with Gasteiger partial charge in [-0.05, 0) is 77.6 Å². The highest BCUT2D eigenvalue weighted by Gasteiger charge is 2.45. The van der Waals surface area contributed by atoms with Crippen LogP contribution in [-0.2, 0) is 0 Å². The fourth-order valence-corrected chi connectivity index (χ4v) is 5.04. The van der Waals surface area contributed by atoms with Gasteiger partial charge in [-0.3, -0.25) is 0 Å². The average Bonchev–Trinajstić information content (AvgIpc) is 3.44. The van der Waals surface area contributed by atoms with E-state index in [4.69, 9.17) is 4.74 Å². The van der Waals surface area contributed by atoms with Crippen LogP contribution < -0.4 is 9.64 Å². The summed E-state index contributed by atoms with van der Waals surface area (Å²) < 4.78 is 6.49. The van der Waals surface area contributed by atoms with Gasteiger partial charge in [0.1, 0.15) is 5.75 Å². The lowest BCUT2D eigenvalue weighted by molar-refractivity contribution is 0.314. The number of benzene rings is 2. The summed E-state index contributed by atoms with van der Waals surface area (Å²) in [6, 6.07) is 18.1. The Morgan fingerprint density at radius 2 is 1.88 bits per heavy atom. The summed E-state index contributed by atoms with van der Waals surface area (Å²) in [4.78, 5) is 2.55. The van der Waals surface area contributed by atoms with Gasteiger partial charge < -0.3 is 9.64 Å². The molecule has 4 rings (SSSR count). The van der Waals surface area contributed by atoms with E-state index in [-0.39, 0.29) is 0 Å². The Hall–Kier alpha value is -1.48. The van der Waals surface area contributed by atoms with E-state index in [1.165, 1.54) is 24.9 Å². The van der Waals surface area contributed by atoms with Crippen LogP contribution in [0.3, 0.4) is 0 Å². The maximum Gasteiger partial charge on any atom is 0.135 e.